The second kappa shape index (κ2) is 7.46. The first-order valence-electron chi connectivity index (χ1n) is 10.1. The zero-order valence-corrected chi connectivity index (χ0v) is 17.9. The van der Waals surface area contributed by atoms with E-state index >= 15 is 0 Å². The maximum atomic E-state index is 6.13. The lowest BCUT2D eigenvalue weighted by Crippen LogP contribution is -2.48. The lowest BCUT2D eigenvalue weighted by atomic mass is 9.92. The fourth-order valence-electron chi connectivity index (χ4n) is 4.56. The SMILES string of the molecule is Cc1cc(Cl)cc(Oc2nc(NC3[C@@H]4CC[C@H]3CN(c3nnc(C)o3)C4)nn2C)c1. The molecule has 158 valence electrons. The van der Waals surface area contributed by atoms with Crippen LogP contribution in [0.1, 0.15) is 24.3 Å². The molecule has 10 heteroatoms. The van der Waals surface area contributed by atoms with E-state index < -0.39 is 0 Å². The van der Waals surface area contributed by atoms with E-state index in [0.717, 1.165) is 31.5 Å². The minimum Gasteiger partial charge on any atom is -0.424 e. The number of ether oxygens (including phenoxy) is 1. The number of hydrogen-bond acceptors (Lipinski definition) is 8. The number of nitrogens with zero attached hydrogens (tertiary/aromatic N) is 6. The lowest BCUT2D eigenvalue weighted by molar-refractivity contribution is 0.357. The van der Waals surface area contributed by atoms with Gasteiger partial charge in [-0.1, -0.05) is 16.7 Å². The zero-order chi connectivity index (χ0) is 20.8. The molecule has 1 saturated heterocycles. The summed E-state index contributed by atoms with van der Waals surface area (Å²) in [4.78, 5) is 6.75. The largest absolute Gasteiger partial charge is 0.424 e. The molecule has 3 atom stereocenters. The highest BCUT2D eigenvalue weighted by atomic mass is 35.5. The van der Waals surface area contributed by atoms with Crippen molar-refractivity contribution >= 4 is 23.6 Å². The van der Waals surface area contributed by atoms with Crippen LogP contribution in [0.5, 0.6) is 11.8 Å². The van der Waals surface area contributed by atoms with E-state index in [4.69, 9.17) is 20.8 Å². The van der Waals surface area contributed by atoms with Gasteiger partial charge in [0, 0.05) is 38.1 Å². The number of nitrogens with one attached hydrogen (secondary N) is 1. The zero-order valence-electron chi connectivity index (χ0n) is 17.2. The summed E-state index contributed by atoms with van der Waals surface area (Å²) in [6, 6.07) is 6.93. The Morgan fingerprint density at radius 2 is 1.90 bits per heavy atom. The number of aromatic nitrogens is 5. The Labute approximate surface area is 179 Å². The van der Waals surface area contributed by atoms with Crippen LogP contribution in [0.3, 0.4) is 0 Å². The summed E-state index contributed by atoms with van der Waals surface area (Å²) in [5.41, 5.74) is 1.03. The van der Waals surface area contributed by atoms with Crippen LogP contribution in [0, 0.1) is 25.7 Å². The molecule has 2 bridgehead atoms. The van der Waals surface area contributed by atoms with Gasteiger partial charge in [0.1, 0.15) is 5.75 Å². The quantitative estimate of drug-likeness (QED) is 0.657. The maximum Gasteiger partial charge on any atom is 0.321 e. The average Bonchev–Trinajstić information content (AvgIpc) is 3.31. The average molecular weight is 430 g/mol. The Morgan fingerprint density at radius 3 is 2.57 bits per heavy atom. The number of piperidine rings is 1. The van der Waals surface area contributed by atoms with Crippen LogP contribution in [0.4, 0.5) is 12.0 Å². The van der Waals surface area contributed by atoms with E-state index in [0.29, 0.717) is 52.5 Å². The standard InChI is InChI=1S/C20H24ClN7O2/c1-11-6-15(21)8-16(7-11)30-19-23-18(26-27(19)3)22-17-13-4-5-14(17)10-28(9-13)20-25-24-12(2)29-20/h6-8,13-14,17H,4-5,9-10H2,1-3H3,(H,22,26)/t13-,14+,17?. The summed E-state index contributed by atoms with van der Waals surface area (Å²) in [7, 11) is 1.82. The summed E-state index contributed by atoms with van der Waals surface area (Å²) in [6.07, 6.45) is 2.31. The second-order valence-corrected chi connectivity index (χ2v) is 8.62. The van der Waals surface area contributed by atoms with E-state index in [1.165, 1.54) is 0 Å². The highest BCUT2D eigenvalue weighted by molar-refractivity contribution is 6.30. The molecule has 0 spiro atoms. The topological polar surface area (TPSA) is 94.1 Å². The molecule has 0 amide bonds. The molecule has 5 rings (SSSR count). The van der Waals surface area contributed by atoms with E-state index in [2.05, 4.69) is 30.5 Å². The lowest BCUT2D eigenvalue weighted by Gasteiger charge is -2.37. The van der Waals surface area contributed by atoms with Crippen molar-refractivity contribution in [2.75, 3.05) is 23.3 Å². The molecule has 1 N–H and O–H groups in total. The second-order valence-electron chi connectivity index (χ2n) is 8.18. The number of benzene rings is 1. The van der Waals surface area contributed by atoms with Gasteiger partial charge < -0.3 is 19.4 Å². The van der Waals surface area contributed by atoms with Crippen molar-refractivity contribution in [1.82, 2.24) is 25.0 Å². The van der Waals surface area contributed by atoms with Crippen LogP contribution in [0.2, 0.25) is 5.02 Å². The number of fused-ring (bicyclic) bond motifs is 2. The van der Waals surface area contributed by atoms with Crippen molar-refractivity contribution in [3.8, 4) is 11.8 Å². The van der Waals surface area contributed by atoms with Crippen molar-refractivity contribution < 1.29 is 9.15 Å². The van der Waals surface area contributed by atoms with Gasteiger partial charge in [-0.15, -0.1) is 10.2 Å². The molecular formula is C20H24ClN7O2. The van der Waals surface area contributed by atoms with Gasteiger partial charge in [0.05, 0.1) is 0 Å². The summed E-state index contributed by atoms with van der Waals surface area (Å²) in [6.45, 7) is 5.55. The van der Waals surface area contributed by atoms with Gasteiger partial charge in [-0.3, -0.25) is 0 Å². The molecule has 0 radical (unpaired) electrons. The van der Waals surface area contributed by atoms with Gasteiger partial charge in [-0.25, -0.2) is 4.68 Å². The molecule has 2 aliphatic rings. The molecule has 3 aromatic rings. The number of halogens is 1. The minimum absolute atomic E-state index is 0.314. The first kappa shape index (κ1) is 19.2. The predicted molar refractivity (Wildman–Crippen MR) is 112 cm³/mol. The fourth-order valence-corrected chi connectivity index (χ4v) is 4.84. The molecule has 1 saturated carbocycles. The van der Waals surface area contributed by atoms with E-state index in [9.17, 15) is 0 Å². The molecule has 2 aromatic heterocycles. The van der Waals surface area contributed by atoms with Crippen LogP contribution in [-0.4, -0.2) is 44.1 Å². The summed E-state index contributed by atoms with van der Waals surface area (Å²) >= 11 is 6.13. The molecule has 2 fully saturated rings. The van der Waals surface area contributed by atoms with Gasteiger partial charge in [0.2, 0.25) is 11.8 Å². The van der Waals surface area contributed by atoms with Crippen LogP contribution in [-0.2, 0) is 7.05 Å². The Balaban J connectivity index is 1.28. The highest BCUT2D eigenvalue weighted by Crippen LogP contribution is 2.39. The molecular weight excluding hydrogens is 406 g/mol. The predicted octanol–water partition coefficient (Wildman–Crippen LogP) is 3.59. The van der Waals surface area contributed by atoms with Crippen LogP contribution in [0.25, 0.3) is 0 Å². The van der Waals surface area contributed by atoms with Gasteiger partial charge in [-0.2, -0.15) is 4.98 Å². The van der Waals surface area contributed by atoms with Crippen molar-refractivity contribution in [3.05, 3.63) is 34.7 Å². The normalized spacial score (nSPS) is 23.1. The molecule has 9 nitrogen and oxygen atoms in total. The first-order chi connectivity index (χ1) is 14.4. The number of anilines is 2. The van der Waals surface area contributed by atoms with Gasteiger partial charge in [-0.05, 0) is 55.4 Å². The third-order valence-corrected chi connectivity index (χ3v) is 6.08. The Kier molecular flexibility index (Phi) is 4.77. The van der Waals surface area contributed by atoms with Crippen molar-refractivity contribution in [2.24, 2.45) is 18.9 Å². The molecule has 1 unspecified atom stereocenters. The van der Waals surface area contributed by atoms with E-state index in [1.807, 2.05) is 33.0 Å². The van der Waals surface area contributed by atoms with Crippen molar-refractivity contribution in [3.63, 3.8) is 0 Å². The summed E-state index contributed by atoms with van der Waals surface area (Å²) < 4.78 is 13.2. The first-order valence-corrected chi connectivity index (χ1v) is 10.5. The summed E-state index contributed by atoms with van der Waals surface area (Å²) in [5.74, 6) is 2.76. The van der Waals surface area contributed by atoms with Crippen molar-refractivity contribution in [2.45, 2.75) is 32.7 Å². The van der Waals surface area contributed by atoms with Gasteiger partial charge in [0.15, 0.2) is 0 Å². The van der Waals surface area contributed by atoms with Gasteiger partial charge >= 0.3 is 12.0 Å². The number of rotatable bonds is 5. The highest BCUT2D eigenvalue weighted by Gasteiger charge is 2.43. The third-order valence-electron chi connectivity index (χ3n) is 5.86. The van der Waals surface area contributed by atoms with Gasteiger partial charge in [0.25, 0.3) is 0 Å². The van der Waals surface area contributed by atoms with E-state index in [1.54, 1.807) is 10.7 Å². The van der Waals surface area contributed by atoms with E-state index in [-0.39, 0.29) is 0 Å². The molecule has 3 heterocycles. The number of aryl methyl sites for hydroxylation is 3. The third kappa shape index (κ3) is 3.69. The van der Waals surface area contributed by atoms with Crippen LogP contribution in [0.15, 0.2) is 22.6 Å². The van der Waals surface area contributed by atoms with Crippen LogP contribution >= 0.6 is 11.6 Å². The van der Waals surface area contributed by atoms with Crippen LogP contribution < -0.4 is 15.0 Å². The smallest absolute Gasteiger partial charge is 0.321 e. The molecule has 1 aromatic carbocycles. The summed E-state index contributed by atoms with van der Waals surface area (Å²) in [5, 5.41) is 16.8. The fraction of sp³-hybridized carbons (Fsp3) is 0.500. The molecule has 1 aliphatic heterocycles. The Bertz CT molecular complexity index is 1030. The minimum atomic E-state index is 0.314. The maximum absolute atomic E-state index is 6.13. The molecule has 30 heavy (non-hydrogen) atoms. The Hall–Kier alpha value is -2.81. The molecule has 1 aliphatic carbocycles. The monoisotopic (exact) mass is 429 g/mol. The Morgan fingerprint density at radius 1 is 1.13 bits per heavy atom. The van der Waals surface area contributed by atoms with Crippen molar-refractivity contribution in [1.29, 1.82) is 0 Å². The number of hydrogen-bond donors (Lipinski definition) is 1.